The van der Waals surface area contributed by atoms with Crippen molar-refractivity contribution in [2.24, 2.45) is 0 Å². The van der Waals surface area contributed by atoms with E-state index in [1.54, 1.807) is 19.2 Å². The zero-order valence-corrected chi connectivity index (χ0v) is 15.1. The average molecular weight is 369 g/mol. The number of pyridine rings is 1. The monoisotopic (exact) mass is 369 g/mol. The highest BCUT2D eigenvalue weighted by atomic mass is 32.1. The molecule has 2 aromatic heterocycles. The number of nitrogens with two attached hydrogens (primary N) is 1. The lowest BCUT2D eigenvalue weighted by Crippen LogP contribution is -2.24. The molecule has 3 N–H and O–H groups in total. The summed E-state index contributed by atoms with van der Waals surface area (Å²) in [6.07, 6.45) is 0. The van der Waals surface area contributed by atoms with E-state index in [4.69, 9.17) is 15.2 Å². The standard InChI is InChI=1S/C19H19N3O3S/c1-24-12-13-7-9-16(18(20)22-13)19(23)21-11-15-8-10-17(26-15)25-14-5-3-2-4-6-14/h2-10H,11-12H2,1H3,(H2,20,22)(H,21,23). The first kappa shape index (κ1) is 17.9. The second-order valence-corrected chi connectivity index (χ2v) is 6.62. The molecule has 0 radical (unpaired) electrons. The number of hydrogen-bond donors (Lipinski definition) is 2. The lowest BCUT2D eigenvalue weighted by molar-refractivity contribution is 0.0951. The molecule has 0 bridgehead atoms. The molecule has 2 heterocycles. The van der Waals surface area contributed by atoms with E-state index in [9.17, 15) is 4.79 Å². The Morgan fingerprint density at radius 3 is 2.69 bits per heavy atom. The Bertz CT molecular complexity index is 881. The molecule has 7 heteroatoms. The van der Waals surface area contributed by atoms with Crippen LogP contribution in [0, 0.1) is 0 Å². The summed E-state index contributed by atoms with van der Waals surface area (Å²) in [5.74, 6) is 0.703. The first-order valence-electron chi connectivity index (χ1n) is 8.00. The Morgan fingerprint density at radius 1 is 1.15 bits per heavy atom. The van der Waals surface area contributed by atoms with Crippen molar-refractivity contribution in [3.63, 3.8) is 0 Å². The van der Waals surface area contributed by atoms with Gasteiger partial charge in [0.25, 0.3) is 5.91 Å². The molecule has 0 aliphatic heterocycles. The number of methoxy groups -OCH3 is 1. The quantitative estimate of drug-likeness (QED) is 0.665. The molecule has 1 amide bonds. The molecule has 26 heavy (non-hydrogen) atoms. The Kier molecular flexibility index (Phi) is 5.83. The maximum atomic E-state index is 12.3. The SMILES string of the molecule is COCc1ccc(C(=O)NCc2ccc(Oc3ccccc3)s2)c(N)n1. The van der Waals surface area contributed by atoms with Gasteiger partial charge in [-0.15, -0.1) is 11.3 Å². The lowest BCUT2D eigenvalue weighted by atomic mass is 10.2. The van der Waals surface area contributed by atoms with Crippen LogP contribution in [0.15, 0.2) is 54.6 Å². The zero-order valence-electron chi connectivity index (χ0n) is 14.3. The van der Waals surface area contributed by atoms with Crippen LogP contribution in [0.25, 0.3) is 0 Å². The second-order valence-electron chi connectivity index (χ2n) is 5.49. The molecule has 134 valence electrons. The average Bonchev–Trinajstić information content (AvgIpc) is 3.08. The van der Waals surface area contributed by atoms with Gasteiger partial charge in [-0.3, -0.25) is 4.79 Å². The van der Waals surface area contributed by atoms with Crippen molar-refractivity contribution >= 4 is 23.1 Å². The largest absolute Gasteiger partial charge is 0.447 e. The molecule has 0 atom stereocenters. The fourth-order valence-electron chi connectivity index (χ4n) is 2.31. The van der Waals surface area contributed by atoms with E-state index in [-0.39, 0.29) is 11.7 Å². The number of aromatic nitrogens is 1. The number of nitrogen functional groups attached to an aromatic ring is 1. The summed E-state index contributed by atoms with van der Waals surface area (Å²) in [5, 5.41) is 3.62. The highest BCUT2D eigenvalue weighted by molar-refractivity contribution is 7.13. The molecule has 3 rings (SSSR count). The molecule has 1 aromatic carbocycles. The number of benzene rings is 1. The first-order valence-corrected chi connectivity index (χ1v) is 8.81. The second kappa shape index (κ2) is 8.46. The molecular weight excluding hydrogens is 350 g/mol. The molecule has 0 aliphatic rings. The van der Waals surface area contributed by atoms with Crippen LogP contribution in [0.4, 0.5) is 5.82 Å². The Morgan fingerprint density at radius 2 is 1.96 bits per heavy atom. The van der Waals surface area contributed by atoms with Crippen LogP contribution >= 0.6 is 11.3 Å². The van der Waals surface area contributed by atoms with Crippen LogP contribution in [0.1, 0.15) is 20.9 Å². The topological polar surface area (TPSA) is 86.5 Å². The minimum Gasteiger partial charge on any atom is -0.447 e. The summed E-state index contributed by atoms with van der Waals surface area (Å²) in [6.45, 7) is 0.742. The van der Waals surface area contributed by atoms with Crippen molar-refractivity contribution in [3.05, 3.63) is 70.7 Å². The van der Waals surface area contributed by atoms with Crippen molar-refractivity contribution in [2.45, 2.75) is 13.2 Å². The first-order chi connectivity index (χ1) is 12.7. The van der Waals surface area contributed by atoms with E-state index >= 15 is 0 Å². The summed E-state index contributed by atoms with van der Waals surface area (Å²) in [6, 6.07) is 16.7. The fourth-order valence-corrected chi connectivity index (χ4v) is 3.13. The molecule has 6 nitrogen and oxygen atoms in total. The number of carbonyl (C=O) groups excluding carboxylic acids is 1. The van der Waals surface area contributed by atoms with E-state index in [1.165, 1.54) is 11.3 Å². The number of carbonyl (C=O) groups is 1. The summed E-state index contributed by atoms with van der Waals surface area (Å²) < 4.78 is 10.8. The summed E-state index contributed by atoms with van der Waals surface area (Å²) in [5.41, 5.74) is 6.90. The Hall–Kier alpha value is -2.90. The smallest absolute Gasteiger partial charge is 0.255 e. The van der Waals surface area contributed by atoms with Gasteiger partial charge in [-0.1, -0.05) is 18.2 Å². The third-order valence-corrected chi connectivity index (χ3v) is 4.50. The third kappa shape index (κ3) is 4.59. The van der Waals surface area contributed by atoms with Crippen molar-refractivity contribution in [3.8, 4) is 10.8 Å². The molecule has 0 unspecified atom stereocenters. The summed E-state index contributed by atoms with van der Waals surface area (Å²) in [7, 11) is 1.58. The lowest BCUT2D eigenvalue weighted by Gasteiger charge is -2.07. The number of nitrogens with one attached hydrogen (secondary N) is 1. The number of para-hydroxylation sites is 1. The molecule has 0 saturated heterocycles. The van der Waals surface area contributed by atoms with E-state index in [0.717, 1.165) is 15.7 Å². The van der Waals surface area contributed by atoms with Crippen LogP contribution in [0.5, 0.6) is 10.8 Å². The molecule has 0 fully saturated rings. The number of amides is 1. The molecule has 0 spiro atoms. The van der Waals surface area contributed by atoms with Crippen LogP contribution in [0.3, 0.4) is 0 Å². The normalized spacial score (nSPS) is 10.5. The number of rotatable bonds is 7. The Balaban J connectivity index is 1.58. The van der Waals surface area contributed by atoms with Gasteiger partial charge in [0.15, 0.2) is 5.06 Å². The van der Waals surface area contributed by atoms with E-state index in [0.29, 0.717) is 24.4 Å². The van der Waals surface area contributed by atoms with Crippen molar-refractivity contribution in [1.29, 1.82) is 0 Å². The van der Waals surface area contributed by atoms with Gasteiger partial charge in [0.1, 0.15) is 11.6 Å². The molecule has 0 aliphatic carbocycles. The summed E-state index contributed by atoms with van der Waals surface area (Å²) in [4.78, 5) is 17.5. The summed E-state index contributed by atoms with van der Waals surface area (Å²) >= 11 is 1.48. The van der Waals surface area contributed by atoms with Crippen molar-refractivity contribution in [2.75, 3.05) is 12.8 Å². The van der Waals surface area contributed by atoms with Gasteiger partial charge in [0.05, 0.1) is 24.4 Å². The number of nitrogens with zero attached hydrogens (tertiary/aromatic N) is 1. The van der Waals surface area contributed by atoms with Gasteiger partial charge in [-0.2, -0.15) is 0 Å². The number of ether oxygens (including phenoxy) is 2. The fraction of sp³-hybridized carbons (Fsp3) is 0.158. The number of thiophene rings is 1. The van der Waals surface area contributed by atoms with Crippen molar-refractivity contribution < 1.29 is 14.3 Å². The molecule has 0 saturated carbocycles. The van der Waals surface area contributed by atoms with E-state index < -0.39 is 0 Å². The third-order valence-electron chi connectivity index (χ3n) is 3.54. The molecule has 3 aromatic rings. The maximum Gasteiger partial charge on any atom is 0.255 e. The van der Waals surface area contributed by atoms with E-state index in [2.05, 4.69) is 10.3 Å². The maximum absolute atomic E-state index is 12.3. The van der Waals surface area contributed by atoms with Crippen LogP contribution in [0.2, 0.25) is 0 Å². The Labute approximate surface area is 155 Å². The predicted octanol–water partition coefficient (Wildman–Crippen LogP) is 3.59. The number of anilines is 1. The van der Waals surface area contributed by atoms with Gasteiger partial charge in [0, 0.05) is 12.0 Å². The van der Waals surface area contributed by atoms with E-state index in [1.807, 2.05) is 42.5 Å². The predicted molar refractivity (Wildman–Crippen MR) is 101 cm³/mol. The van der Waals surface area contributed by atoms with Crippen LogP contribution in [-0.2, 0) is 17.9 Å². The molecular formula is C19H19N3O3S. The van der Waals surface area contributed by atoms with Gasteiger partial charge in [0.2, 0.25) is 0 Å². The van der Waals surface area contributed by atoms with Crippen molar-refractivity contribution in [1.82, 2.24) is 10.3 Å². The van der Waals surface area contributed by atoms with Gasteiger partial charge in [-0.05, 0) is 36.4 Å². The van der Waals surface area contributed by atoms with Gasteiger partial charge in [-0.25, -0.2) is 4.98 Å². The van der Waals surface area contributed by atoms with Gasteiger partial charge < -0.3 is 20.5 Å². The number of hydrogen-bond acceptors (Lipinski definition) is 6. The minimum absolute atomic E-state index is 0.191. The highest BCUT2D eigenvalue weighted by Gasteiger charge is 2.12. The minimum atomic E-state index is -0.266. The highest BCUT2D eigenvalue weighted by Crippen LogP contribution is 2.29. The van der Waals surface area contributed by atoms with Crippen LogP contribution < -0.4 is 15.8 Å². The van der Waals surface area contributed by atoms with Crippen LogP contribution in [-0.4, -0.2) is 18.0 Å². The zero-order chi connectivity index (χ0) is 18.4. The van der Waals surface area contributed by atoms with Gasteiger partial charge >= 0.3 is 0 Å².